The molecule has 0 heterocycles. The van der Waals surface area contributed by atoms with Crippen LogP contribution in [-0.4, -0.2) is 4.99 Å². The Balaban J connectivity index is 2.10. The van der Waals surface area contributed by atoms with Gasteiger partial charge in [0.05, 0.1) is 4.47 Å². The summed E-state index contributed by atoms with van der Waals surface area (Å²) in [6.07, 6.45) is 0. The van der Waals surface area contributed by atoms with Crippen LogP contribution in [0.5, 0.6) is 5.75 Å². The summed E-state index contributed by atoms with van der Waals surface area (Å²) in [6.45, 7) is 0.0293. The highest BCUT2D eigenvalue weighted by atomic mass is 79.9. The van der Waals surface area contributed by atoms with Gasteiger partial charge in [-0.15, -0.1) is 0 Å². The van der Waals surface area contributed by atoms with Crippen molar-refractivity contribution in [3.05, 3.63) is 63.6 Å². The second kappa shape index (κ2) is 6.28. The predicted octanol–water partition coefficient (Wildman–Crippen LogP) is 3.94. The third-order valence-electron chi connectivity index (χ3n) is 2.62. The summed E-state index contributed by atoms with van der Waals surface area (Å²) in [5.74, 6) is -0.392. The largest absolute Gasteiger partial charge is 0.489 e. The Bertz CT molecular complexity index is 664. The van der Waals surface area contributed by atoms with E-state index < -0.39 is 5.82 Å². The molecule has 2 N–H and O–H groups in total. The van der Waals surface area contributed by atoms with Gasteiger partial charge in [-0.3, -0.25) is 0 Å². The molecule has 0 aliphatic heterocycles. The van der Waals surface area contributed by atoms with Crippen molar-refractivity contribution >= 4 is 33.1 Å². The number of ether oxygens (including phenoxy) is 1. The first-order valence-corrected chi connectivity index (χ1v) is 6.83. The molecule has 20 heavy (non-hydrogen) atoms. The second-order valence-corrected chi connectivity index (χ2v) is 5.33. The van der Waals surface area contributed by atoms with E-state index in [-0.39, 0.29) is 17.4 Å². The minimum atomic E-state index is -0.448. The minimum Gasteiger partial charge on any atom is -0.489 e. The highest BCUT2D eigenvalue weighted by Gasteiger charge is 2.07. The normalized spacial score (nSPS) is 10.3. The molecule has 2 aromatic carbocycles. The first kappa shape index (κ1) is 14.9. The summed E-state index contributed by atoms with van der Waals surface area (Å²) in [7, 11) is 0. The summed E-state index contributed by atoms with van der Waals surface area (Å²) in [4.78, 5) is 0.138. The van der Waals surface area contributed by atoms with Gasteiger partial charge >= 0.3 is 0 Å². The fourth-order valence-corrected chi connectivity index (χ4v) is 2.03. The third-order valence-corrected chi connectivity index (χ3v) is 3.47. The van der Waals surface area contributed by atoms with E-state index in [2.05, 4.69) is 15.9 Å². The standard InChI is InChI=1S/C14H10BrF2NOS/c15-11-6-10(3-4-12(11)16)19-7-9-2-1-8(14(18)20)5-13(9)17/h1-6H,7H2,(H2,18,20). The van der Waals surface area contributed by atoms with Crippen LogP contribution in [0.2, 0.25) is 0 Å². The van der Waals surface area contributed by atoms with Gasteiger partial charge in [0.25, 0.3) is 0 Å². The van der Waals surface area contributed by atoms with Crippen molar-refractivity contribution < 1.29 is 13.5 Å². The molecule has 0 bridgehead atoms. The number of benzene rings is 2. The van der Waals surface area contributed by atoms with Gasteiger partial charge < -0.3 is 10.5 Å². The molecule has 0 aliphatic rings. The van der Waals surface area contributed by atoms with Crippen LogP contribution < -0.4 is 10.5 Å². The van der Waals surface area contributed by atoms with Crippen LogP contribution >= 0.6 is 28.1 Å². The Labute approximate surface area is 128 Å². The number of thiocarbonyl (C=S) groups is 1. The van der Waals surface area contributed by atoms with Crippen molar-refractivity contribution in [2.75, 3.05) is 0 Å². The Morgan fingerprint density at radius 2 is 1.90 bits per heavy atom. The molecular weight excluding hydrogens is 348 g/mol. The molecule has 0 spiro atoms. The van der Waals surface area contributed by atoms with Gasteiger partial charge in [-0.2, -0.15) is 0 Å². The van der Waals surface area contributed by atoms with E-state index >= 15 is 0 Å². The molecule has 0 amide bonds. The first-order chi connectivity index (χ1) is 9.47. The zero-order chi connectivity index (χ0) is 14.7. The van der Waals surface area contributed by atoms with E-state index in [1.165, 1.54) is 24.3 Å². The lowest BCUT2D eigenvalue weighted by molar-refractivity contribution is 0.299. The van der Waals surface area contributed by atoms with Crippen molar-refractivity contribution in [1.29, 1.82) is 0 Å². The van der Waals surface area contributed by atoms with Crippen LogP contribution in [0.1, 0.15) is 11.1 Å². The lowest BCUT2D eigenvalue weighted by Gasteiger charge is -2.09. The van der Waals surface area contributed by atoms with Crippen LogP contribution in [0.15, 0.2) is 40.9 Å². The highest BCUT2D eigenvalue weighted by molar-refractivity contribution is 9.10. The maximum Gasteiger partial charge on any atom is 0.137 e. The van der Waals surface area contributed by atoms with Crippen molar-refractivity contribution in [2.24, 2.45) is 5.73 Å². The van der Waals surface area contributed by atoms with Crippen LogP contribution in [0, 0.1) is 11.6 Å². The topological polar surface area (TPSA) is 35.2 Å². The average molecular weight is 358 g/mol. The Kier molecular flexibility index (Phi) is 4.67. The number of hydrogen-bond donors (Lipinski definition) is 1. The Morgan fingerprint density at radius 1 is 1.15 bits per heavy atom. The third kappa shape index (κ3) is 3.52. The fourth-order valence-electron chi connectivity index (χ4n) is 1.55. The van der Waals surface area contributed by atoms with E-state index in [0.29, 0.717) is 21.3 Å². The number of nitrogens with two attached hydrogens (primary N) is 1. The number of hydrogen-bond acceptors (Lipinski definition) is 2. The van der Waals surface area contributed by atoms with Gasteiger partial charge in [0.1, 0.15) is 29.0 Å². The molecule has 0 saturated carbocycles. The van der Waals surface area contributed by atoms with Crippen LogP contribution in [0.3, 0.4) is 0 Å². The summed E-state index contributed by atoms with van der Waals surface area (Å²) >= 11 is 7.83. The summed E-state index contributed by atoms with van der Waals surface area (Å²) < 4.78 is 32.6. The monoisotopic (exact) mass is 357 g/mol. The van der Waals surface area contributed by atoms with Crippen molar-refractivity contribution in [1.82, 2.24) is 0 Å². The molecule has 0 radical (unpaired) electrons. The fraction of sp³-hybridized carbons (Fsp3) is 0.0714. The van der Waals surface area contributed by atoms with E-state index in [1.807, 2.05) is 0 Å². The quantitative estimate of drug-likeness (QED) is 0.841. The minimum absolute atomic E-state index is 0.0293. The zero-order valence-electron chi connectivity index (χ0n) is 10.2. The van der Waals surface area contributed by atoms with Crippen LogP contribution in [0.4, 0.5) is 8.78 Å². The summed E-state index contributed by atoms with van der Waals surface area (Å²) in [5.41, 5.74) is 6.25. The van der Waals surface area contributed by atoms with Gasteiger partial charge in [-0.05, 0) is 40.2 Å². The lowest BCUT2D eigenvalue weighted by Crippen LogP contribution is -2.10. The molecule has 2 rings (SSSR count). The molecule has 2 aromatic rings. The zero-order valence-corrected chi connectivity index (χ0v) is 12.6. The predicted molar refractivity (Wildman–Crippen MR) is 80.7 cm³/mol. The number of halogens is 3. The molecule has 0 fully saturated rings. The van der Waals surface area contributed by atoms with E-state index in [1.54, 1.807) is 12.1 Å². The molecule has 104 valence electrons. The van der Waals surface area contributed by atoms with Crippen molar-refractivity contribution in [3.63, 3.8) is 0 Å². The van der Waals surface area contributed by atoms with Gasteiger partial charge in [-0.1, -0.05) is 24.4 Å². The second-order valence-electron chi connectivity index (χ2n) is 4.04. The molecule has 0 saturated heterocycles. The maximum atomic E-state index is 13.8. The van der Waals surface area contributed by atoms with E-state index in [4.69, 9.17) is 22.7 Å². The lowest BCUT2D eigenvalue weighted by atomic mass is 10.1. The van der Waals surface area contributed by atoms with Gasteiger partial charge in [0.15, 0.2) is 0 Å². The molecular formula is C14H10BrF2NOS. The van der Waals surface area contributed by atoms with Crippen molar-refractivity contribution in [2.45, 2.75) is 6.61 Å². The molecule has 0 aliphatic carbocycles. The molecule has 0 atom stereocenters. The van der Waals surface area contributed by atoms with Crippen LogP contribution in [0.25, 0.3) is 0 Å². The van der Waals surface area contributed by atoms with Gasteiger partial charge in [0, 0.05) is 11.1 Å². The highest BCUT2D eigenvalue weighted by Crippen LogP contribution is 2.23. The summed E-state index contributed by atoms with van der Waals surface area (Å²) in [6, 6.07) is 8.68. The smallest absolute Gasteiger partial charge is 0.137 e. The average Bonchev–Trinajstić information content (AvgIpc) is 2.41. The van der Waals surface area contributed by atoms with E-state index in [9.17, 15) is 8.78 Å². The Morgan fingerprint density at radius 3 is 2.50 bits per heavy atom. The molecule has 0 aromatic heterocycles. The number of rotatable bonds is 4. The van der Waals surface area contributed by atoms with E-state index in [0.717, 1.165) is 0 Å². The molecule has 0 unspecified atom stereocenters. The first-order valence-electron chi connectivity index (χ1n) is 5.63. The molecule has 6 heteroatoms. The molecule has 2 nitrogen and oxygen atoms in total. The maximum absolute atomic E-state index is 13.8. The van der Waals surface area contributed by atoms with Gasteiger partial charge in [0.2, 0.25) is 0 Å². The summed E-state index contributed by atoms with van der Waals surface area (Å²) in [5, 5.41) is 0. The Hall–Kier alpha value is -1.53. The van der Waals surface area contributed by atoms with Crippen LogP contribution in [-0.2, 0) is 6.61 Å². The SMILES string of the molecule is NC(=S)c1ccc(COc2ccc(F)c(Br)c2)c(F)c1. The van der Waals surface area contributed by atoms with Gasteiger partial charge in [-0.25, -0.2) is 8.78 Å². The van der Waals surface area contributed by atoms with Crippen molar-refractivity contribution in [3.8, 4) is 5.75 Å².